The summed E-state index contributed by atoms with van der Waals surface area (Å²) in [6, 6.07) is 6.51. The van der Waals surface area contributed by atoms with Gasteiger partial charge < -0.3 is 20.3 Å². The molecule has 0 bridgehead atoms. The Morgan fingerprint density at radius 3 is 2.59 bits per heavy atom. The van der Waals surface area contributed by atoms with Gasteiger partial charge in [0.15, 0.2) is 0 Å². The second-order valence-corrected chi connectivity index (χ2v) is 7.18. The van der Waals surface area contributed by atoms with E-state index in [9.17, 15) is 14.9 Å². The van der Waals surface area contributed by atoms with E-state index in [2.05, 4.69) is 30.4 Å². The molecule has 11 heteroatoms. The number of benzene rings is 1. The third-order valence-electron chi connectivity index (χ3n) is 4.71. The third kappa shape index (κ3) is 5.59. The summed E-state index contributed by atoms with van der Waals surface area (Å²) in [5.74, 6) is 0.255. The summed E-state index contributed by atoms with van der Waals surface area (Å²) < 4.78 is 0. The van der Waals surface area contributed by atoms with Crippen molar-refractivity contribution in [2.24, 2.45) is 0 Å². The van der Waals surface area contributed by atoms with E-state index in [-0.39, 0.29) is 24.0 Å². The maximum absolute atomic E-state index is 11.6. The number of aromatic nitrogens is 2. The van der Waals surface area contributed by atoms with Crippen molar-refractivity contribution in [3.05, 3.63) is 45.6 Å². The smallest absolute Gasteiger partial charge is 0.329 e. The zero-order valence-corrected chi connectivity index (χ0v) is 16.7. The van der Waals surface area contributed by atoms with Gasteiger partial charge in [0, 0.05) is 43.4 Å². The van der Waals surface area contributed by atoms with E-state index in [0.29, 0.717) is 10.7 Å². The fraction of sp³-hybridized carbons (Fsp3) is 0.389. The number of likely N-dealkylation sites (N-methyl/N-ethyl adjacent to an activating group) is 1. The Kier molecular flexibility index (Phi) is 6.91. The maximum Gasteiger partial charge on any atom is 0.329 e. The molecule has 0 saturated carbocycles. The third-order valence-corrected chi connectivity index (χ3v) is 4.96. The van der Waals surface area contributed by atoms with Crippen LogP contribution in [0.2, 0.25) is 5.02 Å². The topological polar surface area (TPSA) is 117 Å². The molecule has 2 heterocycles. The lowest BCUT2D eigenvalue weighted by Gasteiger charge is -2.35. The quantitative estimate of drug-likeness (QED) is 0.376. The first kappa shape index (κ1) is 20.9. The lowest BCUT2D eigenvalue weighted by Crippen LogP contribution is -2.51. The fourth-order valence-electron chi connectivity index (χ4n) is 2.98. The van der Waals surface area contributed by atoms with Crippen LogP contribution in [-0.4, -0.2) is 76.8 Å². The van der Waals surface area contributed by atoms with E-state index < -0.39 is 11.0 Å². The molecule has 1 unspecified atom stereocenters. The molecule has 0 aliphatic carbocycles. The molecule has 1 aliphatic heterocycles. The van der Waals surface area contributed by atoms with Crippen molar-refractivity contribution in [3.8, 4) is 0 Å². The highest BCUT2D eigenvalue weighted by molar-refractivity contribution is 6.30. The molecule has 0 radical (unpaired) electrons. The number of piperazine rings is 1. The van der Waals surface area contributed by atoms with Crippen LogP contribution in [0, 0.1) is 10.1 Å². The minimum atomic E-state index is -0.555. The summed E-state index contributed by atoms with van der Waals surface area (Å²) in [6.45, 7) is 3.47. The fourth-order valence-corrected chi connectivity index (χ4v) is 3.11. The van der Waals surface area contributed by atoms with Crippen LogP contribution in [0.3, 0.4) is 0 Å². The van der Waals surface area contributed by atoms with Crippen molar-refractivity contribution >= 4 is 41.0 Å². The van der Waals surface area contributed by atoms with E-state index >= 15 is 0 Å². The molecule has 2 N–H and O–H groups in total. The van der Waals surface area contributed by atoms with Crippen molar-refractivity contribution in [2.75, 3.05) is 50.4 Å². The minimum absolute atomic E-state index is 0.0578. The zero-order valence-electron chi connectivity index (χ0n) is 15.9. The summed E-state index contributed by atoms with van der Waals surface area (Å²) in [5.41, 5.74) is 0.437. The minimum Gasteiger partial charge on any atom is -0.362 e. The molecule has 0 spiro atoms. The first-order chi connectivity index (χ1) is 14.0. The number of aldehydes is 1. The van der Waals surface area contributed by atoms with Gasteiger partial charge in [-0.15, -0.1) is 0 Å². The number of carbonyl (C=O) groups excluding carboxylic acids is 1. The van der Waals surface area contributed by atoms with Gasteiger partial charge in [-0.2, -0.15) is 4.98 Å². The van der Waals surface area contributed by atoms with Gasteiger partial charge in [-0.3, -0.25) is 15.0 Å². The van der Waals surface area contributed by atoms with E-state index in [1.54, 1.807) is 24.3 Å². The highest BCUT2D eigenvalue weighted by atomic mass is 35.5. The summed E-state index contributed by atoms with van der Waals surface area (Å²) in [6.07, 6.45) is 2.00. The molecule has 1 atom stereocenters. The van der Waals surface area contributed by atoms with Gasteiger partial charge in [0.25, 0.3) is 0 Å². The van der Waals surface area contributed by atoms with Gasteiger partial charge in [-0.25, -0.2) is 4.98 Å². The number of nitrogens with zero attached hydrogens (tertiary/aromatic N) is 5. The lowest BCUT2D eigenvalue weighted by molar-refractivity contribution is -0.384. The Bertz CT molecular complexity index is 857. The molecule has 1 saturated heterocycles. The standard InChI is InChI=1S/C18H22ClN7O3/c1-24-6-8-25(9-7-24)15(12-27)10-20-17-16(26(28)29)11-21-18(23-17)22-14-4-2-13(19)3-5-14/h2-5,11-12,15H,6-10H2,1H3,(H2,20,21,22,23). The van der Waals surface area contributed by atoms with Crippen LogP contribution < -0.4 is 10.6 Å². The van der Waals surface area contributed by atoms with Gasteiger partial charge in [-0.05, 0) is 31.3 Å². The van der Waals surface area contributed by atoms with Gasteiger partial charge in [0.05, 0.1) is 11.0 Å². The summed E-state index contributed by atoms with van der Waals surface area (Å²) >= 11 is 5.87. The molecule has 1 aromatic carbocycles. The second kappa shape index (κ2) is 9.59. The number of carbonyl (C=O) groups is 1. The first-order valence-corrected chi connectivity index (χ1v) is 9.50. The van der Waals surface area contributed by atoms with E-state index in [0.717, 1.165) is 38.7 Å². The predicted molar refractivity (Wildman–Crippen MR) is 111 cm³/mol. The number of nitro groups is 1. The van der Waals surface area contributed by atoms with Gasteiger partial charge in [0.1, 0.15) is 12.5 Å². The van der Waals surface area contributed by atoms with Gasteiger partial charge in [0.2, 0.25) is 11.8 Å². The Balaban J connectivity index is 1.72. The highest BCUT2D eigenvalue weighted by Crippen LogP contribution is 2.24. The first-order valence-electron chi connectivity index (χ1n) is 9.12. The van der Waals surface area contributed by atoms with Gasteiger partial charge in [-0.1, -0.05) is 11.6 Å². The molecule has 154 valence electrons. The SMILES string of the molecule is CN1CCN(C(C=O)CNc2nc(Nc3ccc(Cl)cc3)ncc2[N+](=O)[O-])CC1. The van der Waals surface area contributed by atoms with Crippen LogP contribution in [-0.2, 0) is 4.79 Å². The van der Waals surface area contributed by atoms with Crippen LogP contribution in [0.1, 0.15) is 0 Å². The van der Waals surface area contributed by atoms with Crippen LogP contribution in [0.5, 0.6) is 0 Å². The number of hydrogen-bond acceptors (Lipinski definition) is 9. The number of hydrogen-bond donors (Lipinski definition) is 2. The average Bonchev–Trinajstić information content (AvgIpc) is 2.71. The molecule has 1 aliphatic rings. The number of rotatable bonds is 8. The molecule has 0 amide bonds. The monoisotopic (exact) mass is 419 g/mol. The van der Waals surface area contributed by atoms with Gasteiger partial charge >= 0.3 is 5.69 Å². The molecule has 29 heavy (non-hydrogen) atoms. The molecule has 10 nitrogen and oxygen atoms in total. The Morgan fingerprint density at radius 2 is 1.97 bits per heavy atom. The molecular weight excluding hydrogens is 398 g/mol. The number of anilines is 3. The normalized spacial score (nSPS) is 16.2. The van der Waals surface area contributed by atoms with E-state index in [4.69, 9.17) is 11.6 Å². The molecular formula is C18H22ClN7O3. The number of nitrogens with one attached hydrogen (secondary N) is 2. The van der Waals surface area contributed by atoms with Crippen molar-refractivity contribution in [1.82, 2.24) is 19.8 Å². The zero-order chi connectivity index (χ0) is 20.8. The van der Waals surface area contributed by atoms with Crippen molar-refractivity contribution in [2.45, 2.75) is 6.04 Å². The predicted octanol–water partition coefficient (Wildman–Crippen LogP) is 2.01. The summed E-state index contributed by atoms with van der Waals surface area (Å²) in [5, 5.41) is 17.9. The average molecular weight is 420 g/mol. The Hall–Kier alpha value is -2.82. The molecule has 1 aromatic heterocycles. The number of halogens is 1. The highest BCUT2D eigenvalue weighted by Gasteiger charge is 2.24. The molecule has 3 rings (SSSR count). The molecule has 1 fully saturated rings. The van der Waals surface area contributed by atoms with Crippen molar-refractivity contribution in [3.63, 3.8) is 0 Å². The van der Waals surface area contributed by atoms with E-state index in [1.165, 1.54) is 0 Å². The second-order valence-electron chi connectivity index (χ2n) is 6.74. The van der Waals surface area contributed by atoms with E-state index in [1.807, 2.05) is 7.05 Å². The maximum atomic E-state index is 11.6. The molecule has 2 aromatic rings. The summed E-state index contributed by atoms with van der Waals surface area (Å²) in [7, 11) is 2.03. The van der Waals surface area contributed by atoms with Crippen LogP contribution in [0.25, 0.3) is 0 Å². The largest absolute Gasteiger partial charge is 0.362 e. The van der Waals surface area contributed by atoms with Crippen LogP contribution in [0.15, 0.2) is 30.5 Å². The Labute approximate surface area is 173 Å². The Morgan fingerprint density at radius 1 is 1.28 bits per heavy atom. The van der Waals surface area contributed by atoms with Crippen LogP contribution in [0.4, 0.5) is 23.1 Å². The van der Waals surface area contributed by atoms with Crippen molar-refractivity contribution < 1.29 is 9.72 Å². The lowest BCUT2D eigenvalue weighted by atomic mass is 10.2. The van der Waals surface area contributed by atoms with Crippen molar-refractivity contribution in [1.29, 1.82) is 0 Å². The van der Waals surface area contributed by atoms with Crippen LogP contribution >= 0.6 is 11.6 Å². The summed E-state index contributed by atoms with van der Waals surface area (Å²) in [4.78, 5) is 34.8.